The molecule has 2 N–H and O–H groups in total. The number of rotatable bonds is 2. The Morgan fingerprint density at radius 3 is 2.44 bits per heavy atom. The minimum absolute atomic E-state index is 0.191. The Balaban J connectivity index is 1.77. The van der Waals surface area contributed by atoms with Gasteiger partial charge >= 0.3 is 5.97 Å². The first-order valence-corrected chi connectivity index (χ1v) is 6.28. The maximum Gasteiger partial charge on any atom is 0.326 e. The number of esters is 1. The number of carbonyl (C=O) groups excluding carboxylic acids is 1. The third-order valence-corrected chi connectivity index (χ3v) is 4.68. The van der Waals surface area contributed by atoms with Crippen LogP contribution in [0.15, 0.2) is 12.2 Å². The van der Waals surface area contributed by atoms with Gasteiger partial charge in [0.2, 0.25) is 0 Å². The summed E-state index contributed by atoms with van der Waals surface area (Å²) in [5.41, 5.74) is 5.53. The standard InChI is InChI=1S/C13H19NO2/c1-2-16-12(15)13(14)6-10-8-3-4-9(5-8)11(10)7-13/h3-4,8-11H,2,5-7,14H2,1H3. The molecule has 88 valence electrons. The van der Waals surface area contributed by atoms with Crippen LogP contribution in [-0.2, 0) is 9.53 Å². The van der Waals surface area contributed by atoms with E-state index in [9.17, 15) is 4.79 Å². The number of hydrogen-bond donors (Lipinski definition) is 1. The molecule has 0 amide bonds. The number of carbonyl (C=O) groups is 1. The van der Waals surface area contributed by atoms with Crippen LogP contribution in [0.25, 0.3) is 0 Å². The first kappa shape index (κ1) is 10.3. The number of nitrogens with two attached hydrogens (primary N) is 1. The molecule has 4 atom stereocenters. The lowest BCUT2D eigenvalue weighted by Crippen LogP contribution is -2.47. The summed E-state index contributed by atoms with van der Waals surface area (Å²) in [6.07, 6.45) is 7.57. The van der Waals surface area contributed by atoms with Crippen LogP contribution in [0.4, 0.5) is 0 Å². The van der Waals surface area contributed by atoms with Crippen molar-refractivity contribution in [3.05, 3.63) is 12.2 Å². The molecule has 0 heterocycles. The fourth-order valence-corrected chi connectivity index (χ4v) is 4.00. The Labute approximate surface area is 96.0 Å². The summed E-state index contributed by atoms with van der Waals surface area (Å²) in [7, 11) is 0. The zero-order chi connectivity index (χ0) is 11.3. The molecule has 0 saturated heterocycles. The van der Waals surface area contributed by atoms with Crippen molar-refractivity contribution in [3.8, 4) is 0 Å². The largest absolute Gasteiger partial charge is 0.465 e. The highest BCUT2D eigenvalue weighted by atomic mass is 16.5. The fourth-order valence-electron chi connectivity index (χ4n) is 4.00. The second kappa shape index (κ2) is 3.33. The summed E-state index contributed by atoms with van der Waals surface area (Å²) in [6.45, 7) is 2.26. The fraction of sp³-hybridized carbons (Fsp3) is 0.769. The Hall–Kier alpha value is -0.830. The van der Waals surface area contributed by atoms with Gasteiger partial charge in [-0.3, -0.25) is 4.79 Å². The molecule has 0 spiro atoms. The number of fused-ring (bicyclic) bond motifs is 5. The first-order valence-electron chi connectivity index (χ1n) is 6.28. The molecule has 3 heteroatoms. The molecule has 2 saturated carbocycles. The summed E-state index contributed by atoms with van der Waals surface area (Å²) in [4.78, 5) is 11.9. The van der Waals surface area contributed by atoms with Crippen molar-refractivity contribution in [2.75, 3.05) is 6.61 Å². The van der Waals surface area contributed by atoms with Crippen molar-refractivity contribution in [2.45, 2.75) is 31.7 Å². The zero-order valence-corrected chi connectivity index (χ0v) is 9.69. The van der Waals surface area contributed by atoms with E-state index in [-0.39, 0.29) is 5.97 Å². The van der Waals surface area contributed by atoms with E-state index >= 15 is 0 Å². The second-order valence-electron chi connectivity index (χ2n) is 5.56. The van der Waals surface area contributed by atoms with Gasteiger partial charge in [-0.2, -0.15) is 0 Å². The molecule has 0 aromatic heterocycles. The highest BCUT2D eigenvalue weighted by Crippen LogP contribution is 2.57. The Bertz CT molecular complexity index is 330. The summed E-state index contributed by atoms with van der Waals surface area (Å²) in [5, 5.41) is 0. The molecule has 2 bridgehead atoms. The summed E-state index contributed by atoms with van der Waals surface area (Å²) in [6, 6.07) is 0. The third-order valence-electron chi connectivity index (χ3n) is 4.68. The van der Waals surface area contributed by atoms with E-state index in [0.29, 0.717) is 30.3 Å². The van der Waals surface area contributed by atoms with Gasteiger partial charge in [-0.05, 0) is 49.9 Å². The molecule has 0 aliphatic heterocycles. The normalized spacial score (nSPS) is 48.4. The minimum Gasteiger partial charge on any atom is -0.465 e. The van der Waals surface area contributed by atoms with Crippen molar-refractivity contribution in [3.63, 3.8) is 0 Å². The predicted octanol–water partition coefficient (Wildman–Crippen LogP) is 1.48. The summed E-state index contributed by atoms with van der Waals surface area (Å²) < 4.78 is 5.10. The average Bonchev–Trinajstić information content (AvgIpc) is 2.87. The smallest absolute Gasteiger partial charge is 0.326 e. The third kappa shape index (κ3) is 1.27. The molecule has 0 aromatic carbocycles. The summed E-state index contributed by atoms with van der Waals surface area (Å²) >= 11 is 0. The Morgan fingerprint density at radius 2 is 1.94 bits per heavy atom. The highest BCUT2D eigenvalue weighted by Gasteiger charge is 2.57. The van der Waals surface area contributed by atoms with E-state index in [1.807, 2.05) is 6.92 Å². The van der Waals surface area contributed by atoms with Gasteiger partial charge in [0.25, 0.3) is 0 Å². The van der Waals surface area contributed by atoms with E-state index in [1.165, 1.54) is 6.42 Å². The lowest BCUT2D eigenvalue weighted by Gasteiger charge is -2.23. The van der Waals surface area contributed by atoms with Crippen molar-refractivity contribution < 1.29 is 9.53 Å². The van der Waals surface area contributed by atoms with Gasteiger partial charge in [-0.25, -0.2) is 0 Å². The van der Waals surface area contributed by atoms with Crippen LogP contribution in [0, 0.1) is 23.7 Å². The number of hydrogen-bond acceptors (Lipinski definition) is 3. The van der Waals surface area contributed by atoms with E-state index < -0.39 is 5.54 Å². The van der Waals surface area contributed by atoms with Crippen molar-refractivity contribution in [2.24, 2.45) is 29.4 Å². The van der Waals surface area contributed by atoms with Crippen LogP contribution in [0.3, 0.4) is 0 Å². The number of ether oxygens (including phenoxy) is 1. The van der Waals surface area contributed by atoms with Gasteiger partial charge in [0.1, 0.15) is 5.54 Å². The molecule has 2 fully saturated rings. The topological polar surface area (TPSA) is 52.3 Å². The highest BCUT2D eigenvalue weighted by molar-refractivity contribution is 5.81. The second-order valence-corrected chi connectivity index (χ2v) is 5.56. The lowest BCUT2D eigenvalue weighted by atomic mass is 9.86. The Morgan fingerprint density at radius 1 is 1.38 bits per heavy atom. The minimum atomic E-state index is -0.700. The van der Waals surface area contributed by atoms with E-state index in [0.717, 1.165) is 12.8 Å². The van der Waals surface area contributed by atoms with Gasteiger partial charge in [-0.1, -0.05) is 12.2 Å². The Kier molecular flexibility index (Phi) is 2.15. The molecule has 3 rings (SSSR count). The molecule has 0 radical (unpaired) electrons. The quantitative estimate of drug-likeness (QED) is 0.567. The van der Waals surface area contributed by atoms with Crippen LogP contribution in [0.5, 0.6) is 0 Å². The van der Waals surface area contributed by atoms with Crippen LogP contribution in [0.1, 0.15) is 26.2 Å². The molecule has 4 unspecified atom stereocenters. The SMILES string of the molecule is CCOC(=O)C1(N)CC2C3C=CC(C3)C2C1. The maximum absolute atomic E-state index is 11.9. The summed E-state index contributed by atoms with van der Waals surface area (Å²) in [5.74, 6) is 2.42. The molecular weight excluding hydrogens is 202 g/mol. The maximum atomic E-state index is 11.9. The van der Waals surface area contributed by atoms with Gasteiger partial charge in [-0.15, -0.1) is 0 Å². The molecule has 3 aliphatic carbocycles. The lowest BCUT2D eigenvalue weighted by molar-refractivity contribution is -0.149. The van der Waals surface area contributed by atoms with Crippen molar-refractivity contribution in [1.29, 1.82) is 0 Å². The molecular formula is C13H19NO2. The van der Waals surface area contributed by atoms with Crippen LogP contribution >= 0.6 is 0 Å². The van der Waals surface area contributed by atoms with Gasteiger partial charge in [0.15, 0.2) is 0 Å². The van der Waals surface area contributed by atoms with Gasteiger partial charge in [0.05, 0.1) is 6.61 Å². The monoisotopic (exact) mass is 221 g/mol. The van der Waals surface area contributed by atoms with Crippen molar-refractivity contribution >= 4 is 5.97 Å². The van der Waals surface area contributed by atoms with Crippen LogP contribution in [0.2, 0.25) is 0 Å². The molecule has 0 aromatic rings. The van der Waals surface area contributed by atoms with Crippen LogP contribution < -0.4 is 5.73 Å². The predicted molar refractivity (Wildman–Crippen MR) is 60.5 cm³/mol. The average molecular weight is 221 g/mol. The van der Waals surface area contributed by atoms with Crippen molar-refractivity contribution in [1.82, 2.24) is 0 Å². The van der Waals surface area contributed by atoms with Crippen LogP contribution in [-0.4, -0.2) is 18.1 Å². The van der Waals surface area contributed by atoms with E-state index in [1.54, 1.807) is 0 Å². The molecule has 3 aliphatic rings. The molecule has 3 nitrogen and oxygen atoms in total. The van der Waals surface area contributed by atoms with E-state index in [4.69, 9.17) is 10.5 Å². The molecule has 16 heavy (non-hydrogen) atoms. The van der Waals surface area contributed by atoms with E-state index in [2.05, 4.69) is 12.2 Å². The van der Waals surface area contributed by atoms with Gasteiger partial charge in [0, 0.05) is 0 Å². The first-order chi connectivity index (χ1) is 7.64. The zero-order valence-electron chi connectivity index (χ0n) is 9.69. The van der Waals surface area contributed by atoms with Gasteiger partial charge < -0.3 is 10.5 Å². The number of allylic oxidation sites excluding steroid dienone is 2.